The molecule has 0 spiro atoms. The van der Waals surface area contributed by atoms with Gasteiger partial charge in [-0.3, -0.25) is 4.79 Å². The number of nitrogens with two attached hydrogens (primary N) is 1. The fourth-order valence-electron chi connectivity index (χ4n) is 2.56. The second-order valence-electron chi connectivity index (χ2n) is 5.62. The van der Waals surface area contributed by atoms with Crippen LogP contribution in [0.4, 0.5) is 5.69 Å². The number of hydrogen-bond acceptors (Lipinski definition) is 4. The number of phenols is 1. The van der Waals surface area contributed by atoms with Crippen LogP contribution in [-0.2, 0) is 7.05 Å². The molecule has 0 saturated heterocycles. The molecule has 0 aliphatic carbocycles. The number of ether oxygens (including phenoxy) is 1. The summed E-state index contributed by atoms with van der Waals surface area (Å²) < 4.78 is 7.43. The smallest absolute Gasteiger partial charge is 0.253 e. The minimum absolute atomic E-state index is 0.0498. The lowest BCUT2D eigenvalue weighted by Gasteiger charge is -2.16. The van der Waals surface area contributed by atoms with Gasteiger partial charge in [-0.25, -0.2) is 0 Å². The molecule has 0 fully saturated rings. The minimum Gasteiger partial charge on any atom is -0.506 e. The van der Waals surface area contributed by atoms with Crippen molar-refractivity contribution >= 4 is 5.69 Å². The van der Waals surface area contributed by atoms with Gasteiger partial charge in [0.2, 0.25) is 0 Å². The van der Waals surface area contributed by atoms with Crippen LogP contribution in [0.25, 0.3) is 11.1 Å². The van der Waals surface area contributed by atoms with Gasteiger partial charge in [-0.2, -0.15) is 0 Å². The number of rotatable bonds is 3. The van der Waals surface area contributed by atoms with Crippen molar-refractivity contribution in [3.8, 4) is 28.4 Å². The molecule has 5 heteroatoms. The van der Waals surface area contributed by atoms with Crippen molar-refractivity contribution in [3.05, 3.63) is 70.6 Å². The average Bonchev–Trinajstić information content (AvgIpc) is 2.57. The Morgan fingerprint density at radius 1 is 1.12 bits per heavy atom. The normalized spacial score (nSPS) is 10.6. The summed E-state index contributed by atoms with van der Waals surface area (Å²) in [6, 6.07) is 14.2. The summed E-state index contributed by atoms with van der Waals surface area (Å²) >= 11 is 0. The molecule has 0 atom stereocenters. The number of pyridine rings is 1. The third kappa shape index (κ3) is 2.84. The van der Waals surface area contributed by atoms with E-state index in [1.165, 1.54) is 10.6 Å². The van der Waals surface area contributed by atoms with Gasteiger partial charge in [0.15, 0.2) is 5.75 Å². The molecule has 3 aromatic rings. The van der Waals surface area contributed by atoms with Crippen LogP contribution in [0.2, 0.25) is 0 Å². The van der Waals surface area contributed by atoms with Gasteiger partial charge < -0.3 is 20.1 Å². The Labute approximate surface area is 139 Å². The summed E-state index contributed by atoms with van der Waals surface area (Å²) in [7, 11) is 1.69. The summed E-state index contributed by atoms with van der Waals surface area (Å²) in [6.07, 6.45) is 1.72. The fourth-order valence-corrected chi connectivity index (χ4v) is 2.56. The summed E-state index contributed by atoms with van der Waals surface area (Å²) in [6.45, 7) is 1.76. The Bertz CT molecular complexity index is 921. The molecule has 0 aliphatic rings. The van der Waals surface area contributed by atoms with Gasteiger partial charge in [0, 0.05) is 29.9 Å². The van der Waals surface area contributed by atoms with Crippen LogP contribution in [0.5, 0.6) is 17.2 Å². The molecule has 0 unspecified atom stereocenters. The zero-order valence-electron chi connectivity index (χ0n) is 13.5. The third-order valence-corrected chi connectivity index (χ3v) is 3.81. The quantitative estimate of drug-likeness (QED) is 0.572. The monoisotopic (exact) mass is 322 g/mol. The molecule has 5 nitrogen and oxygen atoms in total. The zero-order valence-corrected chi connectivity index (χ0v) is 13.5. The molecular weight excluding hydrogens is 304 g/mol. The Morgan fingerprint density at radius 2 is 1.83 bits per heavy atom. The molecule has 0 saturated carbocycles. The molecule has 1 aromatic heterocycles. The molecule has 0 radical (unpaired) electrons. The second kappa shape index (κ2) is 6.12. The van der Waals surface area contributed by atoms with Crippen LogP contribution >= 0.6 is 0 Å². The number of anilines is 1. The van der Waals surface area contributed by atoms with E-state index in [1.54, 1.807) is 44.4 Å². The SMILES string of the molecule is Cc1cc(-c2ccc(O)c(N)c2Oc2ccccc2)cn(C)c1=O. The first-order valence-electron chi connectivity index (χ1n) is 7.49. The molecule has 0 aliphatic heterocycles. The van der Waals surface area contributed by atoms with Gasteiger partial charge in [0.1, 0.15) is 17.2 Å². The molecule has 3 rings (SSSR count). The van der Waals surface area contributed by atoms with Crippen molar-refractivity contribution in [2.24, 2.45) is 7.05 Å². The van der Waals surface area contributed by atoms with Crippen LogP contribution < -0.4 is 16.0 Å². The van der Waals surface area contributed by atoms with E-state index in [-0.39, 0.29) is 17.0 Å². The number of aryl methyl sites for hydroxylation is 2. The Kier molecular flexibility index (Phi) is 4.00. The standard InChI is InChI=1S/C19H18N2O3/c1-12-10-13(11-21(2)19(12)23)15-8-9-16(22)17(20)18(15)24-14-6-4-3-5-7-14/h3-11,22H,20H2,1-2H3. The van der Waals surface area contributed by atoms with E-state index < -0.39 is 0 Å². The van der Waals surface area contributed by atoms with Gasteiger partial charge in [-0.15, -0.1) is 0 Å². The first-order valence-corrected chi connectivity index (χ1v) is 7.49. The lowest BCUT2D eigenvalue weighted by atomic mass is 10.0. The molecule has 0 amide bonds. The third-order valence-electron chi connectivity index (χ3n) is 3.81. The fraction of sp³-hybridized carbons (Fsp3) is 0.105. The van der Waals surface area contributed by atoms with Crippen molar-refractivity contribution in [1.82, 2.24) is 4.57 Å². The largest absolute Gasteiger partial charge is 0.506 e. The van der Waals surface area contributed by atoms with Crippen molar-refractivity contribution in [3.63, 3.8) is 0 Å². The summed E-state index contributed by atoms with van der Waals surface area (Å²) in [4.78, 5) is 11.9. The van der Waals surface area contributed by atoms with E-state index in [0.29, 0.717) is 22.6 Å². The van der Waals surface area contributed by atoms with Crippen LogP contribution in [0.3, 0.4) is 0 Å². The van der Waals surface area contributed by atoms with Crippen molar-refractivity contribution in [2.45, 2.75) is 6.92 Å². The predicted octanol–water partition coefficient (Wildman–Crippen LogP) is 3.44. The predicted molar refractivity (Wildman–Crippen MR) is 94.4 cm³/mol. The van der Waals surface area contributed by atoms with E-state index in [2.05, 4.69) is 0 Å². The molecule has 1 heterocycles. The van der Waals surface area contributed by atoms with Crippen LogP contribution in [0.1, 0.15) is 5.56 Å². The highest BCUT2D eigenvalue weighted by atomic mass is 16.5. The maximum Gasteiger partial charge on any atom is 0.253 e. The zero-order chi connectivity index (χ0) is 17.3. The minimum atomic E-state index is -0.0592. The van der Waals surface area contributed by atoms with E-state index >= 15 is 0 Å². The number of nitrogen functional groups attached to an aromatic ring is 1. The Morgan fingerprint density at radius 3 is 2.50 bits per heavy atom. The number of aromatic nitrogens is 1. The summed E-state index contributed by atoms with van der Waals surface area (Å²) in [5, 5.41) is 9.94. The van der Waals surface area contributed by atoms with E-state index in [4.69, 9.17) is 10.5 Å². The lowest BCUT2D eigenvalue weighted by Crippen LogP contribution is -2.18. The van der Waals surface area contributed by atoms with Crippen molar-refractivity contribution < 1.29 is 9.84 Å². The number of hydrogen-bond donors (Lipinski definition) is 2. The van der Waals surface area contributed by atoms with Gasteiger partial charge >= 0.3 is 0 Å². The number of phenolic OH excluding ortho intramolecular Hbond substituents is 1. The first kappa shape index (κ1) is 15.7. The number of aromatic hydroxyl groups is 1. The number of benzene rings is 2. The molecule has 0 bridgehead atoms. The highest BCUT2D eigenvalue weighted by Crippen LogP contribution is 2.42. The number of para-hydroxylation sites is 1. The van der Waals surface area contributed by atoms with E-state index in [0.717, 1.165) is 5.56 Å². The Hall–Kier alpha value is -3.21. The van der Waals surface area contributed by atoms with Gasteiger partial charge in [0.05, 0.1) is 0 Å². The molecule has 3 N–H and O–H groups in total. The van der Waals surface area contributed by atoms with Crippen LogP contribution in [0, 0.1) is 6.92 Å². The van der Waals surface area contributed by atoms with Gasteiger partial charge in [-0.1, -0.05) is 18.2 Å². The van der Waals surface area contributed by atoms with Crippen molar-refractivity contribution in [2.75, 3.05) is 5.73 Å². The van der Waals surface area contributed by atoms with Crippen LogP contribution in [-0.4, -0.2) is 9.67 Å². The maximum atomic E-state index is 11.9. The maximum absolute atomic E-state index is 11.9. The molecule has 24 heavy (non-hydrogen) atoms. The highest BCUT2D eigenvalue weighted by Gasteiger charge is 2.16. The number of nitrogens with zero attached hydrogens (tertiary/aromatic N) is 1. The van der Waals surface area contributed by atoms with Crippen LogP contribution in [0.15, 0.2) is 59.5 Å². The Balaban J connectivity index is 2.18. The molecular formula is C19H18N2O3. The molecule has 122 valence electrons. The van der Waals surface area contributed by atoms with E-state index in [1.807, 2.05) is 18.2 Å². The first-order chi connectivity index (χ1) is 11.5. The molecule has 2 aromatic carbocycles. The summed E-state index contributed by atoms with van der Waals surface area (Å²) in [5.74, 6) is 0.920. The lowest BCUT2D eigenvalue weighted by molar-refractivity contribution is 0.461. The van der Waals surface area contributed by atoms with E-state index in [9.17, 15) is 9.90 Å². The second-order valence-corrected chi connectivity index (χ2v) is 5.62. The van der Waals surface area contributed by atoms with Gasteiger partial charge in [0.25, 0.3) is 5.56 Å². The van der Waals surface area contributed by atoms with Crippen molar-refractivity contribution in [1.29, 1.82) is 0 Å². The average molecular weight is 322 g/mol. The highest BCUT2D eigenvalue weighted by molar-refractivity contribution is 5.80. The topological polar surface area (TPSA) is 77.5 Å². The van der Waals surface area contributed by atoms with Gasteiger partial charge in [-0.05, 0) is 37.3 Å². The summed E-state index contributed by atoms with van der Waals surface area (Å²) in [5.41, 5.74) is 8.23.